The van der Waals surface area contributed by atoms with Crippen LogP contribution in [0.4, 0.5) is 0 Å². The molecule has 128 valence electrons. The molecule has 0 bridgehead atoms. The van der Waals surface area contributed by atoms with Gasteiger partial charge in [-0.05, 0) is 35.9 Å². The van der Waals surface area contributed by atoms with Crippen molar-refractivity contribution in [2.75, 3.05) is 0 Å². The van der Waals surface area contributed by atoms with Gasteiger partial charge in [-0.15, -0.1) is 11.3 Å². The van der Waals surface area contributed by atoms with Crippen molar-refractivity contribution in [2.24, 2.45) is 0 Å². The molecular weight excluding hydrogens is 422 g/mol. The molecule has 0 aliphatic carbocycles. The van der Waals surface area contributed by atoms with Crippen LogP contribution in [-0.2, 0) is 17.0 Å². The second-order valence-electron chi connectivity index (χ2n) is 5.16. The Labute approximate surface area is 162 Å². The first-order chi connectivity index (χ1) is 12.1. The zero-order chi connectivity index (χ0) is 17.6. The molecule has 1 N–H and O–H groups in total. The Kier molecular flexibility index (Phi) is 6.12. The number of benzene rings is 2. The van der Waals surface area contributed by atoms with Crippen LogP contribution in [0.25, 0.3) is 0 Å². The second-order valence-corrected chi connectivity index (χ2v) is 8.19. The highest BCUT2D eigenvalue weighted by Gasteiger charge is 2.09. The third kappa shape index (κ3) is 5.32. The van der Waals surface area contributed by atoms with Crippen LogP contribution in [0.1, 0.15) is 11.1 Å². The molecule has 1 aromatic heterocycles. The number of carboxylic acids is 1. The van der Waals surface area contributed by atoms with Crippen LogP contribution < -0.4 is 4.74 Å². The van der Waals surface area contributed by atoms with Crippen LogP contribution in [-0.4, -0.2) is 16.1 Å². The van der Waals surface area contributed by atoms with Crippen molar-refractivity contribution in [3.8, 4) is 11.5 Å². The number of nitrogens with zero attached hydrogens (tertiary/aromatic N) is 1. The van der Waals surface area contributed by atoms with Gasteiger partial charge in [-0.25, -0.2) is 4.98 Å². The van der Waals surface area contributed by atoms with E-state index in [1.807, 2.05) is 29.6 Å². The molecule has 0 amide bonds. The average Bonchev–Trinajstić information content (AvgIpc) is 3.08. The number of hydrogen-bond acceptors (Lipinski definition) is 5. The predicted octanol–water partition coefficient (Wildman–Crippen LogP) is 5.62. The summed E-state index contributed by atoms with van der Waals surface area (Å²) < 4.78 is 8.00. The fourth-order valence-electron chi connectivity index (χ4n) is 2.20. The van der Waals surface area contributed by atoms with Gasteiger partial charge in [0.15, 0.2) is 0 Å². The topological polar surface area (TPSA) is 59.4 Å². The third-order valence-electron chi connectivity index (χ3n) is 3.26. The number of carbonyl (C=O) groups is 1. The lowest BCUT2D eigenvalue weighted by atomic mass is 10.1. The largest absolute Gasteiger partial charge is 0.481 e. The minimum Gasteiger partial charge on any atom is -0.481 e. The Hall–Kier alpha value is -1.83. The van der Waals surface area contributed by atoms with E-state index in [2.05, 4.69) is 20.9 Å². The summed E-state index contributed by atoms with van der Waals surface area (Å²) in [7, 11) is 0. The number of halogens is 1. The molecule has 0 fully saturated rings. The minimum absolute atomic E-state index is 0.0235. The quantitative estimate of drug-likeness (QED) is 0.488. The van der Waals surface area contributed by atoms with E-state index in [0.717, 1.165) is 25.9 Å². The van der Waals surface area contributed by atoms with Crippen LogP contribution in [0.5, 0.6) is 11.5 Å². The third-order valence-corrected chi connectivity index (χ3v) is 5.77. The van der Waals surface area contributed by atoms with E-state index >= 15 is 0 Å². The summed E-state index contributed by atoms with van der Waals surface area (Å²) in [4.78, 5) is 15.2. The zero-order valence-corrected chi connectivity index (χ0v) is 16.2. The van der Waals surface area contributed by atoms with Crippen molar-refractivity contribution >= 4 is 45.0 Å². The van der Waals surface area contributed by atoms with Crippen molar-refractivity contribution in [1.29, 1.82) is 0 Å². The van der Waals surface area contributed by atoms with Gasteiger partial charge < -0.3 is 9.84 Å². The highest BCUT2D eigenvalue weighted by Crippen LogP contribution is 2.33. The average molecular weight is 436 g/mol. The standard InChI is InChI=1S/C18H14BrNO3S2/c19-14-4-5-16(13(10-14)11-25-18-20-6-7-24-18)23-15-3-1-2-12(8-15)9-17(21)22/h1-8,10H,9,11H2,(H,21,22). The maximum Gasteiger partial charge on any atom is 0.307 e. The summed E-state index contributed by atoms with van der Waals surface area (Å²) in [6, 6.07) is 13.0. The van der Waals surface area contributed by atoms with Crippen molar-refractivity contribution in [3.05, 3.63) is 69.6 Å². The molecule has 25 heavy (non-hydrogen) atoms. The molecule has 2 aromatic carbocycles. The molecule has 0 saturated carbocycles. The van der Waals surface area contributed by atoms with E-state index in [1.165, 1.54) is 0 Å². The lowest BCUT2D eigenvalue weighted by Gasteiger charge is -2.12. The summed E-state index contributed by atoms with van der Waals surface area (Å²) in [6.45, 7) is 0. The van der Waals surface area contributed by atoms with Gasteiger partial charge in [0.1, 0.15) is 15.8 Å². The lowest BCUT2D eigenvalue weighted by molar-refractivity contribution is -0.136. The molecule has 1 heterocycles. The summed E-state index contributed by atoms with van der Waals surface area (Å²) in [5, 5.41) is 10.9. The van der Waals surface area contributed by atoms with E-state index in [9.17, 15) is 4.79 Å². The Balaban J connectivity index is 1.78. The maximum atomic E-state index is 10.9. The number of aromatic nitrogens is 1. The summed E-state index contributed by atoms with van der Waals surface area (Å²) in [6.07, 6.45) is 1.77. The highest BCUT2D eigenvalue weighted by molar-refractivity contribution is 9.10. The van der Waals surface area contributed by atoms with Gasteiger partial charge in [0.2, 0.25) is 0 Å². The molecule has 0 aliphatic rings. The first-order valence-electron chi connectivity index (χ1n) is 7.39. The van der Waals surface area contributed by atoms with Crippen molar-refractivity contribution in [1.82, 2.24) is 4.98 Å². The fourth-order valence-corrected chi connectivity index (χ4v) is 4.23. The molecule has 0 unspecified atom stereocenters. The van der Waals surface area contributed by atoms with Gasteiger partial charge in [0, 0.05) is 27.4 Å². The van der Waals surface area contributed by atoms with Crippen molar-refractivity contribution in [3.63, 3.8) is 0 Å². The molecular formula is C18H14BrNO3S2. The van der Waals surface area contributed by atoms with Gasteiger partial charge >= 0.3 is 5.97 Å². The predicted molar refractivity (Wildman–Crippen MR) is 104 cm³/mol. The molecule has 3 aromatic rings. The lowest BCUT2D eigenvalue weighted by Crippen LogP contribution is -2.00. The van der Waals surface area contributed by atoms with Crippen LogP contribution in [0.3, 0.4) is 0 Å². The monoisotopic (exact) mass is 435 g/mol. The molecule has 0 aliphatic heterocycles. The van der Waals surface area contributed by atoms with Gasteiger partial charge in [-0.1, -0.05) is 39.8 Å². The van der Waals surface area contributed by atoms with Gasteiger partial charge in [0.05, 0.1) is 6.42 Å². The van der Waals surface area contributed by atoms with Crippen molar-refractivity contribution < 1.29 is 14.6 Å². The number of carboxylic acid groups (broad SMARTS) is 1. The van der Waals surface area contributed by atoms with Crippen molar-refractivity contribution in [2.45, 2.75) is 16.5 Å². The minimum atomic E-state index is -0.860. The number of aliphatic carboxylic acids is 1. The number of rotatable bonds is 7. The number of ether oxygens (including phenoxy) is 1. The van der Waals surface area contributed by atoms with E-state index in [4.69, 9.17) is 9.84 Å². The molecule has 3 rings (SSSR count). The SMILES string of the molecule is O=C(O)Cc1cccc(Oc2ccc(Br)cc2CSc2nccs2)c1. The Bertz CT molecular complexity index is 869. The fraction of sp³-hybridized carbons (Fsp3) is 0.111. The van der Waals surface area contributed by atoms with Gasteiger partial charge in [0.25, 0.3) is 0 Å². The molecule has 4 nitrogen and oxygen atoms in total. The number of thiazole rings is 1. The molecule has 0 saturated heterocycles. The first kappa shape index (κ1) is 18.0. The molecule has 0 atom stereocenters. The highest BCUT2D eigenvalue weighted by atomic mass is 79.9. The number of hydrogen-bond donors (Lipinski definition) is 1. The Morgan fingerprint density at radius 3 is 2.92 bits per heavy atom. The first-order valence-corrected chi connectivity index (χ1v) is 10.1. The normalized spacial score (nSPS) is 10.6. The number of thioether (sulfide) groups is 1. The zero-order valence-electron chi connectivity index (χ0n) is 13.0. The Morgan fingerprint density at radius 1 is 1.28 bits per heavy atom. The smallest absolute Gasteiger partial charge is 0.307 e. The maximum absolute atomic E-state index is 10.9. The summed E-state index contributed by atoms with van der Waals surface area (Å²) >= 11 is 6.76. The van der Waals surface area contributed by atoms with E-state index < -0.39 is 5.97 Å². The van der Waals surface area contributed by atoms with Crippen LogP contribution in [0, 0.1) is 0 Å². The Morgan fingerprint density at radius 2 is 2.16 bits per heavy atom. The molecule has 0 spiro atoms. The second kappa shape index (κ2) is 8.51. The van der Waals surface area contributed by atoms with Crippen LogP contribution in [0.15, 0.2) is 62.9 Å². The van der Waals surface area contributed by atoms with E-state index in [1.54, 1.807) is 47.5 Å². The van der Waals surface area contributed by atoms with Gasteiger partial charge in [-0.3, -0.25) is 4.79 Å². The van der Waals surface area contributed by atoms with E-state index in [0.29, 0.717) is 11.3 Å². The van der Waals surface area contributed by atoms with Crippen LogP contribution >= 0.6 is 39.0 Å². The molecule has 7 heteroatoms. The summed E-state index contributed by atoms with van der Waals surface area (Å²) in [5.74, 6) is 1.25. The van der Waals surface area contributed by atoms with Crippen LogP contribution in [0.2, 0.25) is 0 Å². The molecule has 0 radical (unpaired) electrons. The summed E-state index contributed by atoms with van der Waals surface area (Å²) in [5.41, 5.74) is 1.75. The van der Waals surface area contributed by atoms with Gasteiger partial charge in [-0.2, -0.15) is 0 Å². The van der Waals surface area contributed by atoms with E-state index in [-0.39, 0.29) is 6.42 Å².